The second kappa shape index (κ2) is 8.69. The van der Waals surface area contributed by atoms with Gasteiger partial charge in [0.1, 0.15) is 11.5 Å². The number of carbonyl (C=O) groups excluding carboxylic acids is 1. The zero-order valence-corrected chi connectivity index (χ0v) is 18.4. The van der Waals surface area contributed by atoms with Crippen molar-refractivity contribution in [3.63, 3.8) is 0 Å². The molecule has 0 atom stereocenters. The molecule has 0 radical (unpaired) electrons. The number of rotatable bonds is 7. The lowest BCUT2D eigenvalue weighted by Crippen LogP contribution is -2.05. The lowest BCUT2D eigenvalue weighted by Gasteiger charge is -2.15. The third-order valence-electron chi connectivity index (χ3n) is 5.21. The van der Waals surface area contributed by atoms with Gasteiger partial charge >= 0.3 is 5.97 Å². The van der Waals surface area contributed by atoms with Crippen LogP contribution < -0.4 is 9.47 Å². The van der Waals surface area contributed by atoms with Crippen molar-refractivity contribution in [2.75, 3.05) is 14.2 Å². The molecule has 5 nitrogen and oxygen atoms in total. The maximum Gasteiger partial charge on any atom is 0.335 e. The Morgan fingerprint density at radius 2 is 1.53 bits per heavy atom. The fourth-order valence-electron chi connectivity index (χ4n) is 3.50. The summed E-state index contributed by atoms with van der Waals surface area (Å²) in [5, 5.41) is 10.2. The minimum Gasteiger partial charge on any atom is -0.496 e. The fourth-order valence-corrected chi connectivity index (χ4v) is 4.59. The van der Waals surface area contributed by atoms with E-state index in [9.17, 15) is 9.59 Å². The average molecular weight is 445 g/mol. The summed E-state index contributed by atoms with van der Waals surface area (Å²) in [6, 6.07) is 19.6. The molecule has 160 valence electrons. The Labute approximate surface area is 189 Å². The molecule has 0 amide bonds. The summed E-state index contributed by atoms with van der Waals surface area (Å²) in [4.78, 5) is 25.2. The number of hydrogen-bond acceptors (Lipinski definition) is 5. The molecule has 0 aliphatic rings. The summed E-state index contributed by atoms with van der Waals surface area (Å²) in [5.41, 5.74) is 2.09. The predicted octanol–water partition coefficient (Wildman–Crippen LogP) is 6.18. The summed E-state index contributed by atoms with van der Waals surface area (Å²) in [6.07, 6.45) is 0. The molecular weight excluding hydrogens is 424 g/mol. The molecular formula is C26H20O5S. The van der Waals surface area contributed by atoms with E-state index in [1.165, 1.54) is 31.4 Å². The monoisotopic (exact) mass is 444 g/mol. The van der Waals surface area contributed by atoms with Gasteiger partial charge in [-0.25, -0.2) is 4.79 Å². The number of Topliss-reactive ketones (excluding diaryl/α,β-unsaturated/α-hetero) is 1. The van der Waals surface area contributed by atoms with E-state index in [-0.39, 0.29) is 16.9 Å². The highest BCUT2D eigenvalue weighted by atomic mass is 32.1. The molecule has 0 aliphatic heterocycles. The van der Waals surface area contributed by atoms with Crippen molar-refractivity contribution < 1.29 is 24.2 Å². The Balaban J connectivity index is 1.78. The Bertz CT molecular complexity index is 1320. The van der Waals surface area contributed by atoms with Crippen LogP contribution in [0.5, 0.6) is 11.5 Å². The van der Waals surface area contributed by atoms with Crippen molar-refractivity contribution in [2.45, 2.75) is 0 Å². The highest BCUT2D eigenvalue weighted by molar-refractivity contribution is 7.22. The number of methoxy groups -OCH3 is 2. The molecule has 1 N–H and O–H groups in total. The Morgan fingerprint density at radius 3 is 2.16 bits per heavy atom. The number of carboxylic acid groups (broad SMARTS) is 1. The van der Waals surface area contributed by atoms with Crippen molar-refractivity contribution in [1.82, 2.24) is 0 Å². The first kappa shape index (κ1) is 21.3. The highest BCUT2D eigenvalue weighted by Crippen LogP contribution is 2.43. The molecule has 0 saturated heterocycles. The highest BCUT2D eigenvalue weighted by Gasteiger charge is 2.21. The van der Waals surface area contributed by atoms with Gasteiger partial charge in [-0.05, 0) is 35.7 Å². The first-order valence-electron chi connectivity index (χ1n) is 9.75. The molecule has 3 aromatic carbocycles. The molecule has 4 rings (SSSR count). The molecule has 32 heavy (non-hydrogen) atoms. The van der Waals surface area contributed by atoms with Gasteiger partial charge in [-0.15, -0.1) is 11.3 Å². The Hall–Kier alpha value is -3.90. The van der Waals surface area contributed by atoms with Gasteiger partial charge in [0.2, 0.25) is 0 Å². The van der Waals surface area contributed by atoms with Gasteiger partial charge in [0.15, 0.2) is 5.78 Å². The number of hydrogen-bond donors (Lipinski definition) is 1. The second-order valence-electron chi connectivity index (χ2n) is 7.09. The van der Waals surface area contributed by atoms with Gasteiger partial charge in [-0.3, -0.25) is 4.79 Å². The quantitative estimate of drug-likeness (QED) is 0.272. The van der Waals surface area contributed by atoms with E-state index in [1.807, 2.05) is 18.2 Å². The van der Waals surface area contributed by atoms with Gasteiger partial charge in [-0.1, -0.05) is 36.9 Å². The number of allylic oxidation sites excluding steroid dienone is 1. The van der Waals surface area contributed by atoms with Crippen LogP contribution in [0.3, 0.4) is 0 Å². The minimum atomic E-state index is -1.05. The molecule has 4 aromatic rings. The average Bonchev–Trinajstić information content (AvgIpc) is 3.26. The van der Waals surface area contributed by atoms with E-state index in [4.69, 9.17) is 14.6 Å². The van der Waals surface area contributed by atoms with E-state index in [1.54, 1.807) is 24.5 Å². The number of ketones is 1. The third kappa shape index (κ3) is 3.88. The SMILES string of the molecule is C=C(C(=O)c1ccc(C(=O)O)cc1)c1cc(-c2cc3ccccc3s2)c(OC)cc1OC. The van der Waals surface area contributed by atoms with Gasteiger partial charge in [0.05, 0.1) is 19.8 Å². The van der Waals surface area contributed by atoms with Crippen LogP contribution in [-0.4, -0.2) is 31.1 Å². The summed E-state index contributed by atoms with van der Waals surface area (Å²) < 4.78 is 12.3. The molecule has 0 unspecified atom stereocenters. The smallest absolute Gasteiger partial charge is 0.335 e. The Morgan fingerprint density at radius 1 is 0.875 bits per heavy atom. The lowest BCUT2D eigenvalue weighted by molar-refractivity contribution is 0.0696. The molecule has 0 spiro atoms. The second-order valence-corrected chi connectivity index (χ2v) is 8.18. The van der Waals surface area contributed by atoms with Gasteiger partial charge in [0, 0.05) is 37.9 Å². The number of aromatic carboxylic acids is 1. The van der Waals surface area contributed by atoms with E-state index < -0.39 is 5.97 Å². The van der Waals surface area contributed by atoms with E-state index in [0.29, 0.717) is 22.6 Å². The minimum absolute atomic E-state index is 0.112. The molecule has 0 aliphatic carbocycles. The number of ether oxygens (including phenoxy) is 2. The first-order chi connectivity index (χ1) is 15.4. The zero-order chi connectivity index (χ0) is 22.8. The van der Waals surface area contributed by atoms with Crippen molar-refractivity contribution in [1.29, 1.82) is 0 Å². The van der Waals surface area contributed by atoms with Crippen molar-refractivity contribution in [3.05, 3.63) is 90.0 Å². The van der Waals surface area contributed by atoms with Gasteiger partial charge < -0.3 is 14.6 Å². The number of fused-ring (bicyclic) bond motifs is 1. The molecule has 0 bridgehead atoms. The van der Waals surface area contributed by atoms with Crippen molar-refractivity contribution >= 4 is 38.7 Å². The van der Waals surface area contributed by atoms with Crippen LogP contribution in [0.1, 0.15) is 26.3 Å². The van der Waals surface area contributed by atoms with Crippen LogP contribution >= 0.6 is 11.3 Å². The summed E-state index contributed by atoms with van der Waals surface area (Å²) in [5.74, 6) is -0.268. The van der Waals surface area contributed by atoms with Gasteiger partial charge in [0.25, 0.3) is 0 Å². The normalized spacial score (nSPS) is 10.7. The van der Waals surface area contributed by atoms with Crippen LogP contribution in [0, 0.1) is 0 Å². The summed E-state index contributed by atoms with van der Waals surface area (Å²) >= 11 is 1.63. The van der Waals surface area contributed by atoms with Gasteiger partial charge in [-0.2, -0.15) is 0 Å². The largest absolute Gasteiger partial charge is 0.496 e. The van der Waals surface area contributed by atoms with Crippen LogP contribution in [0.4, 0.5) is 0 Å². The topological polar surface area (TPSA) is 72.8 Å². The molecule has 0 saturated carbocycles. The number of carboxylic acids is 1. The van der Waals surface area contributed by atoms with Crippen molar-refractivity contribution in [2.24, 2.45) is 0 Å². The van der Waals surface area contributed by atoms with Crippen LogP contribution in [0.2, 0.25) is 0 Å². The molecule has 1 heterocycles. The number of carbonyl (C=O) groups is 2. The third-order valence-corrected chi connectivity index (χ3v) is 6.36. The van der Waals surface area contributed by atoms with E-state index in [2.05, 4.69) is 24.8 Å². The van der Waals surface area contributed by atoms with Crippen LogP contribution in [0.25, 0.3) is 26.1 Å². The number of thiophene rings is 1. The van der Waals surface area contributed by atoms with Crippen LogP contribution in [-0.2, 0) is 0 Å². The van der Waals surface area contributed by atoms with E-state index in [0.717, 1.165) is 20.5 Å². The summed E-state index contributed by atoms with van der Waals surface area (Å²) in [6.45, 7) is 4.02. The Kier molecular flexibility index (Phi) is 5.79. The van der Waals surface area contributed by atoms with Crippen molar-refractivity contribution in [3.8, 4) is 21.9 Å². The maximum absolute atomic E-state index is 13.1. The first-order valence-corrected chi connectivity index (χ1v) is 10.6. The predicted molar refractivity (Wildman–Crippen MR) is 127 cm³/mol. The van der Waals surface area contributed by atoms with E-state index >= 15 is 0 Å². The van der Waals surface area contributed by atoms with Crippen LogP contribution in [0.15, 0.2) is 73.3 Å². The molecule has 1 aromatic heterocycles. The molecule has 0 fully saturated rings. The standard InChI is InChI=1S/C26H20O5S/c1-15(25(27)16-8-10-17(11-9-16)26(28)29)19-13-20(22(31-3)14-21(19)30-2)24-12-18-6-4-5-7-23(18)32-24/h4-14H,1H2,2-3H3,(H,28,29). The number of benzene rings is 3. The zero-order valence-electron chi connectivity index (χ0n) is 17.5. The fraction of sp³-hybridized carbons (Fsp3) is 0.0769. The molecule has 6 heteroatoms. The maximum atomic E-state index is 13.1. The lowest BCUT2D eigenvalue weighted by atomic mass is 9.94. The summed E-state index contributed by atoms with van der Waals surface area (Å²) in [7, 11) is 3.12.